The van der Waals surface area contributed by atoms with Crippen LogP contribution in [-0.4, -0.2) is 83.8 Å². The Morgan fingerprint density at radius 1 is 0.568 bits per heavy atom. The third-order valence-corrected chi connectivity index (χ3v) is 6.98. The van der Waals surface area contributed by atoms with Crippen LogP contribution in [-0.2, 0) is 10.1 Å². The highest BCUT2D eigenvalue weighted by molar-refractivity contribution is 7.85. The molecule has 0 aliphatic heterocycles. The molecule has 0 radical (unpaired) electrons. The summed E-state index contributed by atoms with van der Waals surface area (Å²) in [5.74, 6) is -3.60. The van der Waals surface area contributed by atoms with E-state index in [9.17, 15) is 32.8 Å². The molecule has 1 rings (SSSR count). The van der Waals surface area contributed by atoms with Gasteiger partial charge < -0.3 is 39.1 Å². The second-order valence-corrected chi connectivity index (χ2v) is 9.59. The molecule has 218 valence electrons. The van der Waals surface area contributed by atoms with Crippen LogP contribution in [0.25, 0.3) is 0 Å². The molecule has 3 N–H and O–H groups in total. The van der Waals surface area contributed by atoms with Gasteiger partial charge in [0.1, 0.15) is 10.1 Å². The monoisotopic (exact) mass is 549 g/mol. The topological polar surface area (TPSA) is 151 Å². The van der Waals surface area contributed by atoms with Gasteiger partial charge in [-0.15, -0.1) is 0 Å². The maximum Gasteiger partial charge on any atom is 0.124 e. The average molecular weight is 550 g/mol. The Morgan fingerprint density at radius 3 is 0.892 bits per heavy atom. The summed E-state index contributed by atoms with van der Waals surface area (Å²) in [6.07, 6.45) is 0. The van der Waals surface area contributed by atoms with Crippen molar-refractivity contribution in [2.75, 3.05) is 58.9 Å². The standard InChI is InChI=1S/C8H6O7S.3C6H15N/c9-7(10)4-1-5(8(11)12)3-6(2-4)16(13,14)15;3*1-4-7(5-2)6-3/h1-3H,(H,9,10)(H,11,12)(H,13,14,15);3*4-6H2,1-3H3. The summed E-state index contributed by atoms with van der Waals surface area (Å²) in [4.78, 5) is 24.9. The number of hydrogen-bond acceptors (Lipinski definition) is 7. The van der Waals surface area contributed by atoms with E-state index in [-0.39, 0.29) is 0 Å². The third-order valence-electron chi connectivity index (χ3n) is 6.17. The third kappa shape index (κ3) is 19.7. The van der Waals surface area contributed by atoms with E-state index in [0.717, 1.165) is 0 Å². The van der Waals surface area contributed by atoms with E-state index in [1.165, 1.54) is 58.9 Å². The lowest BCUT2D eigenvalue weighted by Gasteiger charge is -2.13. The summed E-state index contributed by atoms with van der Waals surface area (Å²) in [6, 6.07) is 1.67. The van der Waals surface area contributed by atoms with Crippen molar-refractivity contribution < 1.29 is 47.5 Å². The average Bonchev–Trinajstić information content (AvgIpc) is 2.87. The summed E-state index contributed by atoms with van der Waals surface area (Å²) >= 11 is 0. The molecule has 11 heteroatoms. The SMILES string of the molecule is CC[NH+](CC)CC.CC[NH+](CC)CC.CC[NH+](CC)CC.O=C([O-])c1cc(C(=O)[O-])cc(S(=O)(=O)[O-])c1. The first kappa shape index (κ1) is 39.5. The summed E-state index contributed by atoms with van der Waals surface area (Å²) in [6.45, 7) is 31.5. The van der Waals surface area contributed by atoms with Gasteiger partial charge in [-0.2, -0.15) is 0 Å². The molecule has 0 aliphatic rings. The van der Waals surface area contributed by atoms with E-state index in [2.05, 4.69) is 62.3 Å². The van der Waals surface area contributed by atoms with E-state index in [1.807, 2.05) is 0 Å². The van der Waals surface area contributed by atoms with Crippen LogP contribution < -0.4 is 24.9 Å². The van der Waals surface area contributed by atoms with Crippen molar-refractivity contribution in [1.29, 1.82) is 0 Å². The van der Waals surface area contributed by atoms with Gasteiger partial charge in [0.25, 0.3) is 0 Å². The highest BCUT2D eigenvalue weighted by Crippen LogP contribution is 2.14. The highest BCUT2D eigenvalue weighted by atomic mass is 32.2. The molecule has 0 bridgehead atoms. The van der Waals surface area contributed by atoms with E-state index < -0.39 is 38.1 Å². The minimum atomic E-state index is -4.95. The molecule has 1 aromatic carbocycles. The zero-order valence-electron chi connectivity index (χ0n) is 24.4. The molecule has 0 aromatic heterocycles. The predicted molar refractivity (Wildman–Crippen MR) is 141 cm³/mol. The van der Waals surface area contributed by atoms with Crippen molar-refractivity contribution in [3.05, 3.63) is 29.3 Å². The Balaban J connectivity index is -0.000000463. The molecule has 0 unspecified atom stereocenters. The minimum Gasteiger partial charge on any atom is -0.744 e. The molecule has 0 spiro atoms. The Bertz CT molecular complexity index is 759. The smallest absolute Gasteiger partial charge is 0.124 e. The molecule has 0 atom stereocenters. The number of carboxylic acid groups (broad SMARTS) is 2. The van der Waals surface area contributed by atoms with Gasteiger partial charge in [-0.3, -0.25) is 0 Å². The van der Waals surface area contributed by atoms with Crippen LogP contribution in [0.1, 0.15) is 83.0 Å². The van der Waals surface area contributed by atoms with Crippen molar-refractivity contribution in [3.8, 4) is 0 Å². The Morgan fingerprint density at radius 2 is 0.784 bits per heavy atom. The molecule has 1 aromatic rings. The molecule has 37 heavy (non-hydrogen) atoms. The Hall–Kier alpha value is -2.05. The van der Waals surface area contributed by atoms with E-state index >= 15 is 0 Å². The predicted octanol–water partition coefficient (Wildman–Crippen LogP) is -2.89. The van der Waals surface area contributed by atoms with Gasteiger partial charge in [-0.05, 0) is 91.6 Å². The number of hydrogen-bond donors (Lipinski definition) is 3. The van der Waals surface area contributed by atoms with Gasteiger partial charge in [0, 0.05) is 0 Å². The minimum absolute atomic E-state index is 0.518. The fourth-order valence-electron chi connectivity index (χ4n) is 3.23. The largest absolute Gasteiger partial charge is 0.744 e. The van der Waals surface area contributed by atoms with Crippen LogP contribution in [0.2, 0.25) is 0 Å². The van der Waals surface area contributed by atoms with Crippen molar-refractivity contribution in [2.45, 2.75) is 67.2 Å². The van der Waals surface area contributed by atoms with E-state index in [4.69, 9.17) is 0 Å². The number of nitrogens with one attached hydrogen (secondary N) is 3. The van der Waals surface area contributed by atoms with E-state index in [1.54, 1.807) is 14.7 Å². The number of carbonyl (C=O) groups is 2. The van der Waals surface area contributed by atoms with Crippen molar-refractivity contribution in [2.24, 2.45) is 0 Å². The Kier molecular flexibility index (Phi) is 24.6. The van der Waals surface area contributed by atoms with Gasteiger partial charge in [0.2, 0.25) is 0 Å². The molecule has 0 saturated carbocycles. The van der Waals surface area contributed by atoms with Crippen LogP contribution in [0.5, 0.6) is 0 Å². The first-order chi connectivity index (χ1) is 17.3. The number of quaternary nitrogens is 3. The zero-order chi connectivity index (χ0) is 29.6. The molecule has 10 nitrogen and oxygen atoms in total. The Labute approximate surface area is 225 Å². The highest BCUT2D eigenvalue weighted by Gasteiger charge is 2.07. The normalized spacial score (nSPS) is 10.6. The summed E-state index contributed by atoms with van der Waals surface area (Å²) in [5.41, 5.74) is -1.45. The van der Waals surface area contributed by atoms with Crippen molar-refractivity contribution in [3.63, 3.8) is 0 Å². The maximum absolute atomic E-state index is 10.6. The molecule has 0 fully saturated rings. The van der Waals surface area contributed by atoms with Crippen LogP contribution in [0, 0.1) is 0 Å². The number of carbonyl (C=O) groups excluding carboxylic acids is 2. The second-order valence-electron chi connectivity index (χ2n) is 8.21. The summed E-state index contributed by atoms with van der Waals surface area (Å²) in [5, 5.41) is 20.9. The van der Waals surface area contributed by atoms with Gasteiger partial charge >= 0.3 is 0 Å². The van der Waals surface area contributed by atoms with Crippen LogP contribution >= 0.6 is 0 Å². The molecule has 0 saturated heterocycles. The summed E-state index contributed by atoms with van der Waals surface area (Å²) < 4.78 is 31.8. The van der Waals surface area contributed by atoms with Gasteiger partial charge in [-0.1, -0.05) is 0 Å². The van der Waals surface area contributed by atoms with Crippen molar-refractivity contribution >= 4 is 22.1 Å². The number of rotatable bonds is 12. The van der Waals surface area contributed by atoms with Crippen LogP contribution in [0.15, 0.2) is 23.1 Å². The van der Waals surface area contributed by atoms with Crippen LogP contribution in [0.4, 0.5) is 0 Å². The van der Waals surface area contributed by atoms with Crippen LogP contribution in [0.3, 0.4) is 0 Å². The number of benzene rings is 1. The molecular weight excluding hydrogens is 498 g/mol. The van der Waals surface area contributed by atoms with Gasteiger partial charge in [0.05, 0.1) is 75.7 Å². The summed E-state index contributed by atoms with van der Waals surface area (Å²) in [7, 11) is -4.95. The van der Waals surface area contributed by atoms with Gasteiger partial charge in [-0.25, -0.2) is 8.42 Å². The fraction of sp³-hybridized carbons (Fsp3) is 0.692. The first-order valence-corrected chi connectivity index (χ1v) is 14.7. The molecule has 0 aliphatic carbocycles. The molecule has 0 heterocycles. The lowest BCUT2D eigenvalue weighted by molar-refractivity contribution is -0.894. The first-order valence-electron chi connectivity index (χ1n) is 13.3. The lowest BCUT2D eigenvalue weighted by Crippen LogP contribution is -3.11. The lowest BCUT2D eigenvalue weighted by atomic mass is 10.1. The van der Waals surface area contributed by atoms with Gasteiger partial charge in [0.15, 0.2) is 0 Å². The molecular formula is C26H51N3O7S. The van der Waals surface area contributed by atoms with E-state index in [0.29, 0.717) is 18.2 Å². The molecule has 0 amide bonds. The number of carboxylic acids is 2. The quantitative estimate of drug-likeness (QED) is 0.237. The second kappa shape index (κ2) is 23.1. The van der Waals surface area contributed by atoms with Crippen molar-refractivity contribution in [1.82, 2.24) is 0 Å². The fourth-order valence-corrected chi connectivity index (χ4v) is 3.77. The zero-order valence-corrected chi connectivity index (χ0v) is 25.2. The maximum atomic E-state index is 10.6. The number of aromatic carboxylic acids is 2.